The van der Waals surface area contributed by atoms with Gasteiger partial charge in [-0.3, -0.25) is 10.2 Å². The Kier molecular flexibility index (Phi) is 8.04. The highest BCUT2D eigenvalue weighted by Gasteiger charge is 2.11. The van der Waals surface area contributed by atoms with Crippen LogP contribution in [0.3, 0.4) is 0 Å². The van der Waals surface area contributed by atoms with Gasteiger partial charge >= 0.3 is 0 Å². The number of carbonyl (C=O) groups is 1. The van der Waals surface area contributed by atoms with Crippen molar-refractivity contribution in [3.05, 3.63) is 29.8 Å². The molecule has 0 bridgehead atoms. The summed E-state index contributed by atoms with van der Waals surface area (Å²) in [5, 5.41) is 9.93. The van der Waals surface area contributed by atoms with Crippen molar-refractivity contribution in [2.75, 3.05) is 6.61 Å². The number of nitrogens with two attached hydrogens (primary N) is 1. The third kappa shape index (κ3) is 6.61. The molecule has 0 unspecified atom stereocenters. The zero-order valence-electron chi connectivity index (χ0n) is 13.5. The zero-order valence-corrected chi connectivity index (χ0v) is 13.5. The van der Waals surface area contributed by atoms with Crippen LogP contribution in [0.2, 0.25) is 0 Å². The molecule has 1 aromatic carbocycles. The van der Waals surface area contributed by atoms with Crippen molar-refractivity contribution >= 4 is 11.7 Å². The molecule has 0 saturated carbocycles. The van der Waals surface area contributed by atoms with E-state index in [0.29, 0.717) is 12.2 Å². The molecule has 0 fully saturated rings. The van der Waals surface area contributed by atoms with Gasteiger partial charge in [-0.15, -0.1) is 0 Å². The van der Waals surface area contributed by atoms with Crippen LogP contribution in [0.25, 0.3) is 0 Å². The summed E-state index contributed by atoms with van der Waals surface area (Å²) in [7, 11) is 0. The van der Waals surface area contributed by atoms with E-state index in [9.17, 15) is 4.79 Å². The van der Waals surface area contributed by atoms with Crippen molar-refractivity contribution in [1.29, 1.82) is 5.41 Å². The van der Waals surface area contributed by atoms with Crippen LogP contribution >= 0.6 is 0 Å². The van der Waals surface area contributed by atoms with E-state index < -0.39 is 6.04 Å². The van der Waals surface area contributed by atoms with E-state index in [1.807, 2.05) is 0 Å². The molecular weight excluding hydrogens is 278 g/mol. The molecule has 0 aliphatic rings. The third-order valence-corrected chi connectivity index (χ3v) is 3.45. The molecule has 1 aromatic rings. The van der Waals surface area contributed by atoms with Gasteiger partial charge in [-0.2, -0.15) is 0 Å². The number of unbranched alkanes of at least 4 members (excludes halogenated alkanes) is 4. The SMILES string of the molecule is CCCCCCCOc1ccc(C(=O)N[C@@H](C)C(=N)N)cc1. The Balaban J connectivity index is 2.36. The van der Waals surface area contributed by atoms with Crippen molar-refractivity contribution in [1.82, 2.24) is 5.32 Å². The number of hydrogen-bond donors (Lipinski definition) is 3. The minimum absolute atomic E-state index is 0.0589. The second kappa shape index (κ2) is 9.82. The third-order valence-electron chi connectivity index (χ3n) is 3.45. The van der Waals surface area contributed by atoms with Crippen LogP contribution in [-0.4, -0.2) is 24.4 Å². The molecule has 5 heteroatoms. The van der Waals surface area contributed by atoms with Crippen molar-refractivity contribution < 1.29 is 9.53 Å². The molecule has 0 aliphatic heterocycles. The summed E-state index contributed by atoms with van der Waals surface area (Å²) in [5.41, 5.74) is 5.86. The lowest BCUT2D eigenvalue weighted by Gasteiger charge is -2.12. The van der Waals surface area contributed by atoms with Gasteiger partial charge in [0.25, 0.3) is 5.91 Å². The maximum absolute atomic E-state index is 11.9. The molecule has 0 saturated heterocycles. The smallest absolute Gasteiger partial charge is 0.251 e. The van der Waals surface area contributed by atoms with Crippen LogP contribution in [0, 0.1) is 5.41 Å². The first kappa shape index (κ1) is 18.0. The predicted molar refractivity (Wildman–Crippen MR) is 89.5 cm³/mol. The number of hydrogen-bond acceptors (Lipinski definition) is 3. The highest BCUT2D eigenvalue weighted by molar-refractivity contribution is 5.97. The van der Waals surface area contributed by atoms with Crippen LogP contribution in [-0.2, 0) is 0 Å². The van der Waals surface area contributed by atoms with Crippen molar-refractivity contribution in [3.63, 3.8) is 0 Å². The molecular formula is C17H27N3O2. The molecule has 0 aliphatic carbocycles. The first-order valence-electron chi connectivity index (χ1n) is 7.92. The van der Waals surface area contributed by atoms with Gasteiger partial charge in [0.2, 0.25) is 0 Å². The normalized spacial score (nSPS) is 11.7. The van der Waals surface area contributed by atoms with E-state index in [1.165, 1.54) is 25.7 Å². The quantitative estimate of drug-likeness (QED) is 0.352. The lowest BCUT2D eigenvalue weighted by Crippen LogP contribution is -2.41. The van der Waals surface area contributed by atoms with Gasteiger partial charge in [0.1, 0.15) is 11.6 Å². The molecule has 1 amide bonds. The van der Waals surface area contributed by atoms with Crippen LogP contribution in [0.1, 0.15) is 56.3 Å². The summed E-state index contributed by atoms with van der Waals surface area (Å²) in [6.07, 6.45) is 6.03. The Morgan fingerprint density at radius 1 is 1.23 bits per heavy atom. The van der Waals surface area contributed by atoms with E-state index in [2.05, 4.69) is 12.2 Å². The summed E-state index contributed by atoms with van der Waals surface area (Å²) in [6, 6.07) is 6.55. The van der Waals surface area contributed by atoms with Gasteiger partial charge in [0, 0.05) is 5.56 Å². The van der Waals surface area contributed by atoms with Crippen LogP contribution in [0.15, 0.2) is 24.3 Å². The van der Waals surface area contributed by atoms with Crippen LogP contribution in [0.4, 0.5) is 0 Å². The highest BCUT2D eigenvalue weighted by atomic mass is 16.5. The van der Waals surface area contributed by atoms with E-state index >= 15 is 0 Å². The maximum atomic E-state index is 11.9. The fourth-order valence-electron chi connectivity index (χ4n) is 1.96. The Hall–Kier alpha value is -2.04. The molecule has 122 valence electrons. The molecule has 0 radical (unpaired) electrons. The van der Waals surface area contributed by atoms with E-state index in [0.717, 1.165) is 12.2 Å². The average molecular weight is 305 g/mol. The number of benzene rings is 1. The van der Waals surface area contributed by atoms with Crippen LogP contribution < -0.4 is 15.8 Å². The summed E-state index contributed by atoms with van der Waals surface area (Å²) in [5.74, 6) is 0.469. The average Bonchev–Trinajstić information content (AvgIpc) is 2.51. The van der Waals surface area contributed by atoms with Gasteiger partial charge in [0.15, 0.2) is 0 Å². The summed E-state index contributed by atoms with van der Waals surface area (Å²) in [6.45, 7) is 4.58. The summed E-state index contributed by atoms with van der Waals surface area (Å²) in [4.78, 5) is 11.9. The second-order valence-electron chi connectivity index (χ2n) is 5.44. The first-order chi connectivity index (χ1) is 10.5. The number of amidine groups is 1. The van der Waals surface area contributed by atoms with Crippen molar-refractivity contribution in [2.24, 2.45) is 5.73 Å². The lowest BCUT2D eigenvalue weighted by atomic mass is 10.1. The number of ether oxygens (including phenoxy) is 1. The van der Waals surface area contributed by atoms with Crippen molar-refractivity contribution in [3.8, 4) is 5.75 Å². The molecule has 4 N–H and O–H groups in total. The number of carbonyl (C=O) groups excluding carboxylic acids is 1. The molecule has 1 atom stereocenters. The molecule has 0 spiro atoms. The van der Waals surface area contributed by atoms with Gasteiger partial charge in [-0.25, -0.2) is 0 Å². The molecule has 1 rings (SSSR count). The van der Waals surface area contributed by atoms with Gasteiger partial charge in [-0.1, -0.05) is 32.6 Å². The Labute approximate surface area is 132 Å². The molecule has 5 nitrogen and oxygen atoms in total. The maximum Gasteiger partial charge on any atom is 0.251 e. The van der Waals surface area contributed by atoms with E-state index in [-0.39, 0.29) is 11.7 Å². The highest BCUT2D eigenvalue weighted by Crippen LogP contribution is 2.13. The largest absolute Gasteiger partial charge is 0.494 e. The predicted octanol–water partition coefficient (Wildman–Crippen LogP) is 3.09. The summed E-state index contributed by atoms with van der Waals surface area (Å²) < 4.78 is 5.65. The first-order valence-corrected chi connectivity index (χ1v) is 7.92. The second-order valence-corrected chi connectivity index (χ2v) is 5.44. The molecule has 0 aromatic heterocycles. The van der Waals surface area contributed by atoms with Gasteiger partial charge in [-0.05, 0) is 37.6 Å². The minimum Gasteiger partial charge on any atom is -0.494 e. The van der Waals surface area contributed by atoms with Crippen LogP contribution in [0.5, 0.6) is 5.75 Å². The Morgan fingerprint density at radius 2 is 1.86 bits per heavy atom. The topological polar surface area (TPSA) is 88.2 Å². The molecule has 0 heterocycles. The number of amides is 1. The number of rotatable bonds is 10. The number of nitrogens with one attached hydrogen (secondary N) is 2. The lowest BCUT2D eigenvalue weighted by molar-refractivity contribution is 0.0949. The monoisotopic (exact) mass is 305 g/mol. The molecule has 22 heavy (non-hydrogen) atoms. The zero-order chi connectivity index (χ0) is 16.4. The van der Waals surface area contributed by atoms with E-state index in [4.69, 9.17) is 15.9 Å². The standard InChI is InChI=1S/C17H27N3O2/c1-3-4-5-6-7-12-22-15-10-8-14(9-11-15)17(21)20-13(2)16(18)19/h8-11,13H,3-7,12H2,1-2H3,(H3,18,19)(H,20,21)/t13-/m0/s1. The Morgan fingerprint density at radius 3 is 2.45 bits per heavy atom. The fraction of sp³-hybridized carbons (Fsp3) is 0.529. The van der Waals surface area contributed by atoms with Gasteiger partial charge in [0.05, 0.1) is 12.6 Å². The van der Waals surface area contributed by atoms with E-state index in [1.54, 1.807) is 31.2 Å². The Bertz CT molecular complexity index is 471. The minimum atomic E-state index is -0.466. The van der Waals surface area contributed by atoms with Crippen molar-refractivity contribution in [2.45, 2.75) is 52.0 Å². The summed E-state index contributed by atoms with van der Waals surface area (Å²) >= 11 is 0. The fourth-order valence-corrected chi connectivity index (χ4v) is 1.96. The van der Waals surface area contributed by atoms with Gasteiger partial charge < -0.3 is 15.8 Å².